The smallest absolute Gasteiger partial charge is 0.267 e. The van der Waals surface area contributed by atoms with E-state index in [0.29, 0.717) is 12.2 Å². The summed E-state index contributed by atoms with van der Waals surface area (Å²) in [4.78, 5) is 26.7. The second kappa shape index (κ2) is 8.33. The Balaban J connectivity index is 1.61. The summed E-state index contributed by atoms with van der Waals surface area (Å²) in [6, 6.07) is 11.0. The Morgan fingerprint density at radius 1 is 1.11 bits per heavy atom. The molecule has 2 heterocycles. The van der Waals surface area contributed by atoms with Crippen LogP contribution in [-0.2, 0) is 11.3 Å². The summed E-state index contributed by atoms with van der Waals surface area (Å²) in [5, 5.41) is 8.19. The fraction of sp³-hybridized carbons (Fsp3) is 0.167. The molecular formula is C18H16F2N6O2. The van der Waals surface area contributed by atoms with Gasteiger partial charge in [-0.2, -0.15) is 8.78 Å². The average Bonchev–Trinajstić information content (AvgIpc) is 3.15. The largest absolute Gasteiger partial charge is 0.317 e. The molecule has 3 aromatic rings. The van der Waals surface area contributed by atoms with Crippen LogP contribution in [0.2, 0.25) is 0 Å². The lowest BCUT2D eigenvalue weighted by Crippen LogP contribution is -2.44. The van der Waals surface area contributed by atoms with Crippen molar-refractivity contribution in [3.8, 4) is 11.3 Å². The molecule has 2 N–H and O–H groups in total. The Morgan fingerprint density at radius 2 is 1.86 bits per heavy atom. The number of pyridine rings is 1. The van der Waals surface area contributed by atoms with Crippen molar-refractivity contribution in [2.24, 2.45) is 0 Å². The van der Waals surface area contributed by atoms with Crippen molar-refractivity contribution >= 4 is 11.8 Å². The highest BCUT2D eigenvalue weighted by Crippen LogP contribution is 2.16. The molecule has 0 bridgehead atoms. The van der Waals surface area contributed by atoms with E-state index in [-0.39, 0.29) is 5.56 Å². The lowest BCUT2D eigenvalue weighted by molar-refractivity contribution is -0.132. The van der Waals surface area contributed by atoms with Crippen LogP contribution in [0.3, 0.4) is 0 Å². The molecule has 0 aliphatic carbocycles. The van der Waals surface area contributed by atoms with E-state index in [1.165, 1.54) is 12.3 Å². The molecule has 0 aliphatic rings. The van der Waals surface area contributed by atoms with E-state index in [1.807, 2.05) is 36.6 Å². The van der Waals surface area contributed by atoms with E-state index in [1.54, 1.807) is 22.4 Å². The van der Waals surface area contributed by atoms with Crippen molar-refractivity contribution in [2.75, 3.05) is 0 Å². The maximum atomic E-state index is 12.1. The summed E-state index contributed by atoms with van der Waals surface area (Å²) >= 11 is 0. The summed E-state index contributed by atoms with van der Waals surface area (Å²) in [7, 11) is 0. The van der Waals surface area contributed by atoms with Gasteiger partial charge in [0.05, 0.1) is 24.0 Å². The number of aryl methyl sites for hydroxylation is 1. The molecule has 0 saturated carbocycles. The van der Waals surface area contributed by atoms with E-state index < -0.39 is 18.2 Å². The zero-order valence-corrected chi connectivity index (χ0v) is 14.8. The van der Waals surface area contributed by atoms with E-state index in [0.717, 1.165) is 16.8 Å². The molecule has 0 unspecified atom stereocenters. The number of hydrogen-bond donors (Lipinski definition) is 2. The van der Waals surface area contributed by atoms with E-state index in [4.69, 9.17) is 0 Å². The first-order chi connectivity index (χ1) is 13.4. The second-order valence-corrected chi connectivity index (χ2v) is 5.95. The van der Waals surface area contributed by atoms with Crippen molar-refractivity contribution in [3.05, 3.63) is 65.6 Å². The minimum atomic E-state index is -3.21. The molecule has 0 radical (unpaired) electrons. The van der Waals surface area contributed by atoms with Gasteiger partial charge >= 0.3 is 12.3 Å². The van der Waals surface area contributed by atoms with Crippen molar-refractivity contribution in [1.82, 2.24) is 30.8 Å². The summed E-state index contributed by atoms with van der Waals surface area (Å²) in [5.41, 5.74) is 7.06. The Labute approximate surface area is 158 Å². The van der Waals surface area contributed by atoms with Crippen LogP contribution in [0, 0.1) is 6.92 Å². The van der Waals surface area contributed by atoms with Gasteiger partial charge in [0.15, 0.2) is 0 Å². The number of carbonyl (C=O) groups is 2. The fourth-order valence-corrected chi connectivity index (χ4v) is 2.30. The summed E-state index contributed by atoms with van der Waals surface area (Å²) < 4.78 is 25.8. The molecule has 3 rings (SSSR count). The van der Waals surface area contributed by atoms with Gasteiger partial charge in [0, 0.05) is 11.8 Å². The maximum Gasteiger partial charge on any atom is 0.317 e. The average molecular weight is 386 g/mol. The monoisotopic (exact) mass is 386 g/mol. The van der Waals surface area contributed by atoms with Crippen molar-refractivity contribution in [2.45, 2.75) is 19.9 Å². The lowest BCUT2D eigenvalue weighted by Gasteiger charge is -2.07. The van der Waals surface area contributed by atoms with E-state index in [2.05, 4.69) is 15.3 Å². The summed E-state index contributed by atoms with van der Waals surface area (Å²) in [6.45, 7) is 2.34. The number of halogens is 2. The van der Waals surface area contributed by atoms with Gasteiger partial charge in [-0.05, 0) is 19.1 Å². The van der Waals surface area contributed by atoms with Crippen LogP contribution < -0.4 is 10.9 Å². The van der Waals surface area contributed by atoms with Crippen LogP contribution in [-0.4, -0.2) is 38.2 Å². The molecule has 0 spiro atoms. The van der Waals surface area contributed by atoms with Crippen LogP contribution in [0.1, 0.15) is 21.6 Å². The number of hydrazine groups is 1. The summed E-state index contributed by atoms with van der Waals surface area (Å²) in [5.74, 6) is -2.34. The molecular weight excluding hydrogens is 370 g/mol. The zero-order valence-electron chi connectivity index (χ0n) is 14.8. The van der Waals surface area contributed by atoms with Gasteiger partial charge in [0.1, 0.15) is 5.69 Å². The van der Waals surface area contributed by atoms with Crippen molar-refractivity contribution in [3.63, 3.8) is 0 Å². The van der Waals surface area contributed by atoms with Crippen molar-refractivity contribution < 1.29 is 18.4 Å². The van der Waals surface area contributed by atoms with Gasteiger partial charge in [-0.25, -0.2) is 4.68 Å². The molecule has 10 heteroatoms. The van der Waals surface area contributed by atoms with Crippen LogP contribution in [0.5, 0.6) is 0 Å². The van der Waals surface area contributed by atoms with E-state index >= 15 is 0 Å². The third-order valence-corrected chi connectivity index (χ3v) is 3.79. The van der Waals surface area contributed by atoms with Crippen LogP contribution in [0.15, 0.2) is 48.8 Å². The SMILES string of the molecule is Cc1ccc(-c2cn(Cc3ccc(C(=O)NNC(=O)C(F)F)cn3)nn2)cc1. The minimum absolute atomic E-state index is 0.109. The lowest BCUT2D eigenvalue weighted by atomic mass is 10.1. The van der Waals surface area contributed by atoms with Gasteiger partial charge in [-0.1, -0.05) is 35.0 Å². The predicted molar refractivity (Wildman–Crippen MR) is 95.1 cm³/mol. The highest BCUT2D eigenvalue weighted by atomic mass is 19.3. The number of alkyl halides is 2. The van der Waals surface area contributed by atoms with Gasteiger partial charge in [-0.3, -0.25) is 25.4 Å². The molecule has 28 heavy (non-hydrogen) atoms. The highest BCUT2D eigenvalue weighted by Gasteiger charge is 2.16. The third kappa shape index (κ3) is 4.72. The number of carbonyl (C=O) groups excluding carboxylic acids is 2. The van der Waals surface area contributed by atoms with Gasteiger partial charge in [-0.15, -0.1) is 5.10 Å². The predicted octanol–water partition coefficient (Wildman–Crippen LogP) is 1.72. The topological polar surface area (TPSA) is 102 Å². The zero-order chi connectivity index (χ0) is 20.1. The van der Waals surface area contributed by atoms with Gasteiger partial charge < -0.3 is 0 Å². The van der Waals surface area contributed by atoms with Crippen LogP contribution in [0.4, 0.5) is 8.78 Å². The van der Waals surface area contributed by atoms with Crippen LogP contribution >= 0.6 is 0 Å². The number of amides is 2. The minimum Gasteiger partial charge on any atom is -0.267 e. The number of nitrogens with zero attached hydrogens (tertiary/aromatic N) is 4. The number of nitrogens with one attached hydrogen (secondary N) is 2. The number of aromatic nitrogens is 4. The molecule has 2 amide bonds. The van der Waals surface area contributed by atoms with Gasteiger partial charge in [0.25, 0.3) is 5.91 Å². The van der Waals surface area contributed by atoms with Crippen molar-refractivity contribution in [1.29, 1.82) is 0 Å². The maximum absolute atomic E-state index is 12.1. The molecule has 1 aromatic carbocycles. The fourth-order valence-electron chi connectivity index (χ4n) is 2.30. The molecule has 0 atom stereocenters. The Bertz CT molecular complexity index is 971. The Kier molecular flexibility index (Phi) is 5.68. The first kappa shape index (κ1) is 19.1. The molecule has 0 fully saturated rings. The molecule has 2 aromatic heterocycles. The quantitative estimate of drug-likeness (QED) is 0.650. The first-order valence-corrected chi connectivity index (χ1v) is 8.23. The normalized spacial score (nSPS) is 10.7. The Hall–Kier alpha value is -3.69. The molecule has 0 saturated heterocycles. The third-order valence-electron chi connectivity index (χ3n) is 3.79. The van der Waals surface area contributed by atoms with Crippen LogP contribution in [0.25, 0.3) is 11.3 Å². The second-order valence-electron chi connectivity index (χ2n) is 5.95. The molecule has 8 nitrogen and oxygen atoms in total. The highest BCUT2D eigenvalue weighted by molar-refractivity contribution is 5.95. The molecule has 144 valence electrons. The number of rotatable bonds is 5. The first-order valence-electron chi connectivity index (χ1n) is 8.23. The number of benzene rings is 1. The van der Waals surface area contributed by atoms with Gasteiger partial charge in [0.2, 0.25) is 0 Å². The Morgan fingerprint density at radius 3 is 2.50 bits per heavy atom. The standard InChI is InChI=1S/C18H16F2N6O2/c1-11-2-4-12(5-3-11)15-10-26(25-22-15)9-14-7-6-13(8-21-14)17(27)23-24-18(28)16(19)20/h2-8,10,16H,9H2,1H3,(H,23,27)(H,24,28). The molecule has 0 aliphatic heterocycles. The van der Waals surface area contributed by atoms with E-state index in [9.17, 15) is 18.4 Å². The number of hydrogen-bond acceptors (Lipinski definition) is 5. The summed E-state index contributed by atoms with van der Waals surface area (Å²) in [6.07, 6.45) is -0.155.